The quantitative estimate of drug-likeness (QED) is 0.743. The van der Waals surface area contributed by atoms with E-state index in [1.807, 2.05) is 13.8 Å². The molecule has 1 atom stereocenters. The summed E-state index contributed by atoms with van der Waals surface area (Å²) in [6.07, 6.45) is 0. The first-order valence-corrected chi connectivity index (χ1v) is 10.6. The maximum Gasteiger partial charge on any atom is 0.244 e. The van der Waals surface area contributed by atoms with Gasteiger partial charge in [-0.1, -0.05) is 11.6 Å². The third-order valence-electron chi connectivity index (χ3n) is 3.93. The number of methoxy groups -OCH3 is 1. The Kier molecular flexibility index (Phi) is 6.41. The molecule has 2 rings (SSSR count). The third-order valence-corrected chi connectivity index (χ3v) is 7.25. The molecule has 0 aromatic heterocycles. The molecule has 9 heteroatoms. The first-order chi connectivity index (χ1) is 11.4. The second kappa shape index (κ2) is 7.95. The van der Waals surface area contributed by atoms with Gasteiger partial charge in [0.1, 0.15) is 11.8 Å². The number of amides is 1. The molecule has 1 aliphatic rings. The zero-order valence-electron chi connectivity index (χ0n) is 13.9. The summed E-state index contributed by atoms with van der Waals surface area (Å²) < 4.78 is 32.2. The van der Waals surface area contributed by atoms with Gasteiger partial charge in [-0.3, -0.25) is 4.79 Å². The molecule has 0 aliphatic carbocycles. The number of hydrogen-bond acceptors (Lipinski definition) is 5. The fraction of sp³-hybridized carbons (Fsp3) is 0.533. The fourth-order valence-corrected chi connectivity index (χ4v) is 6.03. The normalized spacial score (nSPS) is 18.6. The molecule has 134 valence electrons. The molecular formula is C15H21ClN2O4S2. The van der Waals surface area contributed by atoms with Crippen molar-refractivity contribution in [1.82, 2.24) is 9.21 Å². The summed E-state index contributed by atoms with van der Waals surface area (Å²) in [6, 6.07) is 3.64. The highest BCUT2D eigenvalue weighted by Gasteiger charge is 2.41. The molecule has 0 bridgehead atoms. The van der Waals surface area contributed by atoms with Gasteiger partial charge in [0.25, 0.3) is 0 Å². The summed E-state index contributed by atoms with van der Waals surface area (Å²) >= 11 is 7.48. The van der Waals surface area contributed by atoms with Crippen molar-refractivity contribution in [2.75, 3.05) is 31.8 Å². The highest BCUT2D eigenvalue weighted by atomic mass is 35.5. The summed E-state index contributed by atoms with van der Waals surface area (Å²) in [6.45, 7) is 4.87. The van der Waals surface area contributed by atoms with Crippen molar-refractivity contribution in [3.63, 3.8) is 0 Å². The number of thioether (sulfide) groups is 1. The van der Waals surface area contributed by atoms with Crippen LogP contribution in [0.4, 0.5) is 0 Å². The van der Waals surface area contributed by atoms with Crippen LogP contribution in [0.1, 0.15) is 13.8 Å². The average Bonchev–Trinajstić information content (AvgIpc) is 3.06. The number of halogens is 1. The molecule has 0 radical (unpaired) electrons. The minimum atomic E-state index is -3.81. The lowest BCUT2D eigenvalue weighted by Crippen LogP contribution is -2.48. The van der Waals surface area contributed by atoms with Crippen LogP contribution in [0.2, 0.25) is 5.02 Å². The molecule has 0 N–H and O–H groups in total. The maximum atomic E-state index is 12.9. The largest absolute Gasteiger partial charge is 0.495 e. The van der Waals surface area contributed by atoms with Gasteiger partial charge < -0.3 is 9.64 Å². The molecular weight excluding hydrogens is 372 g/mol. The van der Waals surface area contributed by atoms with E-state index in [-0.39, 0.29) is 21.7 Å². The van der Waals surface area contributed by atoms with Gasteiger partial charge in [0.2, 0.25) is 15.9 Å². The Bertz CT molecular complexity index is 707. The van der Waals surface area contributed by atoms with Crippen LogP contribution < -0.4 is 4.74 Å². The standard InChI is InChI=1S/C15H21ClN2O4S2/c1-4-17(5-2)15(19)13-9-23-10-18(13)24(20,21)11-6-7-14(22-3)12(16)8-11/h6-8,13H,4-5,9-10H2,1-3H3/t13-/m0/s1. The second-order valence-corrected chi connectivity index (χ2v) is 8.51. The molecule has 6 nitrogen and oxygen atoms in total. The molecule has 24 heavy (non-hydrogen) atoms. The van der Waals surface area contributed by atoms with E-state index < -0.39 is 16.1 Å². The number of ether oxygens (including phenoxy) is 1. The highest BCUT2D eigenvalue weighted by Crippen LogP contribution is 2.32. The van der Waals surface area contributed by atoms with Crippen LogP contribution in [0, 0.1) is 0 Å². The van der Waals surface area contributed by atoms with Crippen LogP contribution in [0.3, 0.4) is 0 Å². The molecule has 1 amide bonds. The molecule has 0 unspecified atom stereocenters. The summed E-state index contributed by atoms with van der Waals surface area (Å²) in [5.41, 5.74) is 0. The van der Waals surface area contributed by atoms with Gasteiger partial charge in [-0.25, -0.2) is 8.42 Å². The van der Waals surface area contributed by atoms with Gasteiger partial charge in [-0.2, -0.15) is 4.31 Å². The number of benzene rings is 1. The number of carbonyl (C=O) groups is 1. The zero-order chi connectivity index (χ0) is 17.9. The zero-order valence-corrected chi connectivity index (χ0v) is 16.2. The first-order valence-electron chi connectivity index (χ1n) is 7.58. The number of hydrogen-bond donors (Lipinski definition) is 0. The van der Waals surface area contributed by atoms with Crippen molar-refractivity contribution in [2.45, 2.75) is 24.8 Å². The van der Waals surface area contributed by atoms with Crippen molar-refractivity contribution in [2.24, 2.45) is 0 Å². The topological polar surface area (TPSA) is 66.9 Å². The van der Waals surface area contributed by atoms with Gasteiger partial charge in [0.05, 0.1) is 22.9 Å². The predicted molar refractivity (Wildman–Crippen MR) is 96.1 cm³/mol. The molecule has 1 aromatic rings. The average molecular weight is 393 g/mol. The lowest BCUT2D eigenvalue weighted by Gasteiger charge is -2.27. The molecule has 0 saturated carbocycles. The minimum absolute atomic E-state index is 0.0631. The van der Waals surface area contributed by atoms with Crippen molar-refractivity contribution in [3.05, 3.63) is 23.2 Å². The van der Waals surface area contributed by atoms with Crippen molar-refractivity contribution >= 4 is 39.3 Å². The summed E-state index contributed by atoms with van der Waals surface area (Å²) in [4.78, 5) is 14.3. The smallest absolute Gasteiger partial charge is 0.244 e. The van der Waals surface area contributed by atoms with E-state index in [4.69, 9.17) is 16.3 Å². The molecule has 1 saturated heterocycles. The van der Waals surface area contributed by atoms with E-state index in [9.17, 15) is 13.2 Å². The molecule has 1 aromatic carbocycles. The monoisotopic (exact) mass is 392 g/mol. The van der Waals surface area contributed by atoms with Crippen LogP contribution in [0.5, 0.6) is 5.75 Å². The van der Waals surface area contributed by atoms with Gasteiger partial charge in [0, 0.05) is 18.8 Å². The minimum Gasteiger partial charge on any atom is -0.495 e. The van der Waals surface area contributed by atoms with E-state index in [2.05, 4.69) is 0 Å². The molecule has 1 aliphatic heterocycles. The Labute approximate surface area is 152 Å². The van der Waals surface area contributed by atoms with Crippen molar-refractivity contribution in [3.8, 4) is 5.75 Å². The highest BCUT2D eigenvalue weighted by molar-refractivity contribution is 8.00. The van der Waals surface area contributed by atoms with E-state index in [1.54, 1.807) is 4.90 Å². The summed E-state index contributed by atoms with van der Waals surface area (Å²) in [5.74, 6) is 0.956. The fourth-order valence-electron chi connectivity index (χ4n) is 2.55. The second-order valence-electron chi connectivity index (χ2n) is 5.21. The molecule has 0 spiro atoms. The van der Waals surface area contributed by atoms with Crippen molar-refractivity contribution < 1.29 is 17.9 Å². The number of rotatable bonds is 6. The van der Waals surface area contributed by atoms with Crippen LogP contribution in [0.25, 0.3) is 0 Å². The van der Waals surface area contributed by atoms with Gasteiger partial charge >= 0.3 is 0 Å². The molecule has 1 heterocycles. The Balaban J connectivity index is 2.34. The Morgan fingerprint density at radius 3 is 2.62 bits per heavy atom. The van der Waals surface area contributed by atoms with Gasteiger partial charge in [-0.05, 0) is 32.0 Å². The summed E-state index contributed by atoms with van der Waals surface area (Å²) in [7, 11) is -2.34. The Morgan fingerprint density at radius 2 is 2.08 bits per heavy atom. The van der Waals surface area contributed by atoms with Gasteiger partial charge in [-0.15, -0.1) is 11.8 Å². The molecule has 1 fully saturated rings. The maximum absolute atomic E-state index is 12.9. The van der Waals surface area contributed by atoms with E-state index in [0.717, 1.165) is 0 Å². The van der Waals surface area contributed by atoms with Crippen LogP contribution in [0.15, 0.2) is 23.1 Å². The Hall–Kier alpha value is -0.960. The lowest BCUT2D eigenvalue weighted by atomic mass is 10.3. The first kappa shape index (κ1) is 19.4. The van der Waals surface area contributed by atoms with Crippen molar-refractivity contribution in [1.29, 1.82) is 0 Å². The Morgan fingerprint density at radius 1 is 1.42 bits per heavy atom. The SMILES string of the molecule is CCN(CC)C(=O)[C@@H]1CSCN1S(=O)(=O)c1ccc(OC)c(Cl)c1. The van der Waals surface area contributed by atoms with Crippen LogP contribution >= 0.6 is 23.4 Å². The van der Waals surface area contributed by atoms with Gasteiger partial charge in [0.15, 0.2) is 0 Å². The number of sulfonamides is 1. The van der Waals surface area contributed by atoms with E-state index >= 15 is 0 Å². The number of nitrogens with zero attached hydrogens (tertiary/aromatic N) is 2. The van der Waals surface area contributed by atoms with Crippen LogP contribution in [-0.4, -0.2) is 61.4 Å². The van der Waals surface area contributed by atoms with Crippen LogP contribution in [-0.2, 0) is 14.8 Å². The predicted octanol–water partition coefficient (Wildman–Crippen LogP) is 2.28. The summed E-state index contributed by atoms with van der Waals surface area (Å²) in [5, 5.41) is 0.219. The number of likely N-dealkylation sites (N-methyl/N-ethyl adjacent to an activating group) is 1. The number of carbonyl (C=O) groups excluding carboxylic acids is 1. The third kappa shape index (κ3) is 3.66. The van der Waals surface area contributed by atoms with E-state index in [0.29, 0.717) is 24.6 Å². The van der Waals surface area contributed by atoms with E-state index in [1.165, 1.54) is 41.4 Å². The lowest BCUT2D eigenvalue weighted by molar-refractivity contribution is -0.133.